The van der Waals surface area contributed by atoms with Crippen LogP contribution in [0.5, 0.6) is 0 Å². The van der Waals surface area contributed by atoms with Gasteiger partial charge in [0, 0.05) is 18.3 Å². The zero-order valence-electron chi connectivity index (χ0n) is 17.1. The fourth-order valence-electron chi connectivity index (χ4n) is 3.92. The van der Waals surface area contributed by atoms with Gasteiger partial charge in [-0.1, -0.05) is 69.9 Å². The van der Waals surface area contributed by atoms with Crippen molar-refractivity contribution in [1.29, 1.82) is 0 Å². The topological polar surface area (TPSA) is 49.4 Å². The van der Waals surface area contributed by atoms with E-state index in [4.69, 9.17) is 0 Å². The molecule has 4 nitrogen and oxygen atoms in total. The van der Waals surface area contributed by atoms with Crippen LogP contribution in [0.4, 0.5) is 5.69 Å². The Labute approximate surface area is 164 Å². The third kappa shape index (κ3) is 7.36. The van der Waals surface area contributed by atoms with E-state index in [-0.39, 0.29) is 6.04 Å². The second kappa shape index (κ2) is 11.8. The number of benzene rings is 1. The standard InChI is InChI=1S/C23H36N2O2/c1-3-25(21-17-13-14-19(2)18-21)23(27)22(26)24-20-15-11-9-7-5-4-6-8-10-12-16-20/h13-14,17-18,20H,3-12,15-16H2,1-2H3,(H,24,26). The highest BCUT2D eigenvalue weighted by Gasteiger charge is 2.24. The van der Waals surface area contributed by atoms with Crippen molar-refractivity contribution in [2.24, 2.45) is 0 Å². The van der Waals surface area contributed by atoms with Crippen LogP contribution in [0.15, 0.2) is 24.3 Å². The molecule has 1 saturated carbocycles. The van der Waals surface area contributed by atoms with Gasteiger partial charge in [0.15, 0.2) is 0 Å². The van der Waals surface area contributed by atoms with Gasteiger partial charge in [-0.3, -0.25) is 9.59 Å². The number of aryl methyl sites for hydroxylation is 1. The number of nitrogens with one attached hydrogen (secondary N) is 1. The van der Waals surface area contributed by atoms with Gasteiger partial charge < -0.3 is 10.2 Å². The van der Waals surface area contributed by atoms with Gasteiger partial charge >= 0.3 is 11.8 Å². The molecule has 1 N–H and O–H groups in total. The van der Waals surface area contributed by atoms with E-state index in [0.717, 1.165) is 36.9 Å². The first-order valence-electron chi connectivity index (χ1n) is 10.8. The third-order valence-electron chi connectivity index (χ3n) is 5.51. The van der Waals surface area contributed by atoms with Crippen LogP contribution in [-0.2, 0) is 9.59 Å². The lowest BCUT2D eigenvalue weighted by Crippen LogP contribution is -2.46. The van der Waals surface area contributed by atoms with Crippen LogP contribution >= 0.6 is 0 Å². The first-order valence-corrected chi connectivity index (χ1v) is 10.8. The molecule has 1 aromatic rings. The molecule has 1 aromatic carbocycles. The number of carbonyl (C=O) groups excluding carboxylic acids is 2. The molecule has 2 rings (SSSR count). The van der Waals surface area contributed by atoms with Crippen LogP contribution in [0, 0.1) is 6.92 Å². The highest BCUT2D eigenvalue weighted by Crippen LogP contribution is 2.18. The molecule has 1 fully saturated rings. The number of amides is 2. The first-order chi connectivity index (χ1) is 13.1. The molecule has 0 radical (unpaired) electrons. The van der Waals surface area contributed by atoms with Gasteiger partial charge in [-0.2, -0.15) is 0 Å². The van der Waals surface area contributed by atoms with Crippen molar-refractivity contribution in [2.45, 2.75) is 90.5 Å². The van der Waals surface area contributed by atoms with E-state index in [1.807, 2.05) is 38.1 Å². The normalized spacial score (nSPS) is 17.4. The molecule has 4 heteroatoms. The smallest absolute Gasteiger partial charge is 0.316 e. The molecule has 0 heterocycles. The Morgan fingerprint density at radius 3 is 2.04 bits per heavy atom. The molecule has 1 aliphatic carbocycles. The van der Waals surface area contributed by atoms with Gasteiger partial charge in [-0.05, 0) is 44.4 Å². The van der Waals surface area contributed by atoms with Crippen LogP contribution in [0.2, 0.25) is 0 Å². The van der Waals surface area contributed by atoms with Crippen LogP contribution < -0.4 is 10.2 Å². The van der Waals surface area contributed by atoms with E-state index in [9.17, 15) is 9.59 Å². The molecule has 0 saturated heterocycles. The minimum Gasteiger partial charge on any atom is -0.345 e. The molecular formula is C23H36N2O2. The number of likely N-dealkylation sites (N-methyl/N-ethyl adjacent to an activating group) is 1. The summed E-state index contributed by atoms with van der Waals surface area (Å²) in [4.78, 5) is 27.0. The Morgan fingerprint density at radius 2 is 1.52 bits per heavy atom. The molecule has 0 atom stereocenters. The van der Waals surface area contributed by atoms with Gasteiger partial charge in [-0.25, -0.2) is 0 Å². The van der Waals surface area contributed by atoms with Crippen molar-refractivity contribution < 1.29 is 9.59 Å². The molecule has 1 aliphatic rings. The average Bonchev–Trinajstić information content (AvgIpc) is 2.64. The number of nitrogens with zero attached hydrogens (tertiary/aromatic N) is 1. The van der Waals surface area contributed by atoms with Crippen LogP contribution in [0.3, 0.4) is 0 Å². The van der Waals surface area contributed by atoms with Gasteiger partial charge in [0.05, 0.1) is 0 Å². The molecule has 0 aliphatic heterocycles. The van der Waals surface area contributed by atoms with Crippen molar-refractivity contribution in [3.63, 3.8) is 0 Å². The van der Waals surface area contributed by atoms with E-state index < -0.39 is 11.8 Å². The van der Waals surface area contributed by atoms with E-state index in [1.165, 1.54) is 44.9 Å². The van der Waals surface area contributed by atoms with Crippen molar-refractivity contribution in [2.75, 3.05) is 11.4 Å². The fourth-order valence-corrected chi connectivity index (χ4v) is 3.92. The van der Waals surface area contributed by atoms with Crippen molar-refractivity contribution >= 4 is 17.5 Å². The first kappa shape index (κ1) is 21.5. The van der Waals surface area contributed by atoms with E-state index in [2.05, 4.69) is 5.32 Å². The van der Waals surface area contributed by atoms with Crippen LogP contribution in [0.25, 0.3) is 0 Å². The molecule has 2 amide bonds. The van der Waals surface area contributed by atoms with Crippen molar-refractivity contribution in [3.8, 4) is 0 Å². The monoisotopic (exact) mass is 372 g/mol. The summed E-state index contributed by atoms with van der Waals surface area (Å²) >= 11 is 0. The lowest BCUT2D eigenvalue weighted by molar-refractivity contribution is -0.138. The Kier molecular flexibility index (Phi) is 9.37. The molecule has 0 spiro atoms. The molecule has 0 bridgehead atoms. The number of carbonyl (C=O) groups is 2. The van der Waals surface area contributed by atoms with Crippen molar-refractivity contribution in [3.05, 3.63) is 29.8 Å². The largest absolute Gasteiger partial charge is 0.345 e. The summed E-state index contributed by atoms with van der Waals surface area (Å²) in [6.45, 7) is 4.39. The van der Waals surface area contributed by atoms with E-state index in [0.29, 0.717) is 6.54 Å². The lowest BCUT2D eigenvalue weighted by Gasteiger charge is -2.24. The Hall–Kier alpha value is -1.84. The molecule has 0 unspecified atom stereocenters. The van der Waals surface area contributed by atoms with E-state index >= 15 is 0 Å². The Balaban J connectivity index is 1.95. The zero-order valence-corrected chi connectivity index (χ0v) is 17.1. The van der Waals surface area contributed by atoms with Gasteiger partial charge in [-0.15, -0.1) is 0 Å². The summed E-state index contributed by atoms with van der Waals surface area (Å²) in [6.07, 6.45) is 13.3. The summed E-state index contributed by atoms with van der Waals surface area (Å²) in [7, 11) is 0. The molecule has 0 aromatic heterocycles. The second-order valence-corrected chi connectivity index (χ2v) is 7.82. The van der Waals surface area contributed by atoms with Crippen molar-refractivity contribution in [1.82, 2.24) is 5.32 Å². The maximum absolute atomic E-state index is 12.8. The number of rotatable bonds is 3. The second-order valence-electron chi connectivity index (χ2n) is 7.82. The third-order valence-corrected chi connectivity index (χ3v) is 5.51. The summed E-state index contributed by atoms with van der Waals surface area (Å²) < 4.78 is 0. The lowest BCUT2D eigenvalue weighted by atomic mass is 9.98. The van der Waals surface area contributed by atoms with Crippen LogP contribution in [0.1, 0.15) is 83.1 Å². The highest BCUT2D eigenvalue weighted by atomic mass is 16.2. The SMILES string of the molecule is CCN(C(=O)C(=O)NC1CCCCCCCCCCC1)c1cccc(C)c1. The predicted molar refractivity (Wildman–Crippen MR) is 112 cm³/mol. The summed E-state index contributed by atoms with van der Waals surface area (Å²) in [5.41, 5.74) is 1.87. The maximum Gasteiger partial charge on any atom is 0.316 e. The van der Waals surface area contributed by atoms with Gasteiger partial charge in [0.2, 0.25) is 0 Å². The summed E-state index contributed by atoms with van der Waals surface area (Å²) in [5.74, 6) is -0.912. The molecular weight excluding hydrogens is 336 g/mol. The zero-order chi connectivity index (χ0) is 19.5. The van der Waals surface area contributed by atoms with Gasteiger partial charge in [0.25, 0.3) is 0 Å². The molecule has 27 heavy (non-hydrogen) atoms. The number of anilines is 1. The highest BCUT2D eigenvalue weighted by molar-refractivity contribution is 6.40. The maximum atomic E-state index is 12.8. The summed E-state index contributed by atoms with van der Waals surface area (Å²) in [5, 5.41) is 3.04. The molecule has 150 valence electrons. The predicted octanol–water partition coefficient (Wildman–Crippen LogP) is 5.14. The summed E-state index contributed by atoms with van der Waals surface area (Å²) in [6, 6.07) is 7.87. The quantitative estimate of drug-likeness (QED) is 0.747. The van der Waals surface area contributed by atoms with E-state index in [1.54, 1.807) is 4.90 Å². The average molecular weight is 373 g/mol. The number of hydrogen-bond acceptors (Lipinski definition) is 2. The van der Waals surface area contributed by atoms with Gasteiger partial charge in [0.1, 0.15) is 0 Å². The Morgan fingerprint density at radius 1 is 0.963 bits per heavy atom. The fraction of sp³-hybridized carbons (Fsp3) is 0.652. The minimum atomic E-state index is -0.463. The van der Waals surface area contributed by atoms with Crippen LogP contribution in [-0.4, -0.2) is 24.4 Å². The Bertz CT molecular complexity index is 588. The minimum absolute atomic E-state index is 0.122. The number of hydrogen-bond donors (Lipinski definition) is 1.